The van der Waals surface area contributed by atoms with E-state index in [9.17, 15) is 26.7 Å². The van der Waals surface area contributed by atoms with E-state index < -0.39 is 42.4 Å². The Balaban J connectivity index is 3.02. The second kappa shape index (κ2) is 5.96. The van der Waals surface area contributed by atoms with E-state index in [1.807, 2.05) is 0 Å². The average Bonchev–Trinajstić information content (AvgIpc) is 2.29. The molecule has 0 saturated carbocycles. The molecule has 0 saturated heterocycles. The van der Waals surface area contributed by atoms with Gasteiger partial charge in [0.05, 0.1) is 5.56 Å². The zero-order valence-corrected chi connectivity index (χ0v) is 9.68. The molecule has 0 atom stereocenters. The quantitative estimate of drug-likeness (QED) is 0.858. The summed E-state index contributed by atoms with van der Waals surface area (Å²) >= 11 is 0. The van der Waals surface area contributed by atoms with Crippen molar-refractivity contribution in [1.82, 2.24) is 4.90 Å². The maximum absolute atomic E-state index is 13.3. The number of halogens is 5. The molecule has 0 heterocycles. The van der Waals surface area contributed by atoms with Crippen molar-refractivity contribution >= 4 is 5.91 Å². The molecular formula is C11H11F5N2O. The van der Waals surface area contributed by atoms with Crippen LogP contribution in [0.1, 0.15) is 10.4 Å². The van der Waals surface area contributed by atoms with Gasteiger partial charge in [0.25, 0.3) is 5.91 Å². The fourth-order valence-corrected chi connectivity index (χ4v) is 1.46. The predicted molar refractivity (Wildman–Crippen MR) is 57.4 cm³/mol. The average molecular weight is 282 g/mol. The minimum absolute atomic E-state index is 0.223. The third-order valence-electron chi connectivity index (χ3n) is 2.22. The van der Waals surface area contributed by atoms with Crippen LogP contribution in [0.5, 0.6) is 0 Å². The summed E-state index contributed by atoms with van der Waals surface area (Å²) in [4.78, 5) is 12.1. The minimum atomic E-state index is -4.64. The molecule has 0 spiro atoms. The van der Waals surface area contributed by atoms with Crippen LogP contribution >= 0.6 is 0 Å². The molecule has 8 heteroatoms. The Morgan fingerprint density at radius 2 is 1.89 bits per heavy atom. The van der Waals surface area contributed by atoms with Gasteiger partial charge in [-0.05, 0) is 18.2 Å². The predicted octanol–water partition coefficient (Wildman–Crippen LogP) is 1.93. The smallest absolute Gasteiger partial charge is 0.329 e. The Morgan fingerprint density at radius 3 is 2.42 bits per heavy atom. The maximum Gasteiger partial charge on any atom is 0.406 e. The molecule has 1 aromatic carbocycles. The molecule has 19 heavy (non-hydrogen) atoms. The van der Waals surface area contributed by atoms with E-state index in [-0.39, 0.29) is 6.54 Å². The second-order valence-corrected chi connectivity index (χ2v) is 3.75. The van der Waals surface area contributed by atoms with Gasteiger partial charge in [-0.25, -0.2) is 8.78 Å². The van der Waals surface area contributed by atoms with Gasteiger partial charge < -0.3 is 10.6 Å². The Hall–Kier alpha value is -1.70. The fraction of sp³-hybridized carbons (Fsp3) is 0.364. The molecule has 2 N–H and O–H groups in total. The van der Waals surface area contributed by atoms with E-state index in [1.54, 1.807) is 0 Å². The van der Waals surface area contributed by atoms with Crippen molar-refractivity contribution in [3.63, 3.8) is 0 Å². The molecule has 3 nitrogen and oxygen atoms in total. The van der Waals surface area contributed by atoms with Crippen molar-refractivity contribution in [2.75, 3.05) is 19.6 Å². The summed E-state index contributed by atoms with van der Waals surface area (Å²) in [6, 6.07) is 2.00. The number of rotatable bonds is 4. The highest BCUT2D eigenvalue weighted by molar-refractivity contribution is 5.94. The molecule has 0 radical (unpaired) electrons. The number of nitrogens with two attached hydrogens (primary N) is 1. The standard InChI is InChI=1S/C11H11F5N2O/c12-7-1-2-9(13)8(5-7)10(19)18(4-3-17)6-11(14,15)16/h1-2,5H,3-4,6,17H2. The van der Waals surface area contributed by atoms with Gasteiger partial charge >= 0.3 is 6.18 Å². The molecule has 0 aliphatic carbocycles. The summed E-state index contributed by atoms with van der Waals surface area (Å²) in [7, 11) is 0. The number of carbonyl (C=O) groups excluding carboxylic acids is 1. The van der Waals surface area contributed by atoms with Crippen LogP contribution in [-0.4, -0.2) is 36.6 Å². The first-order valence-electron chi connectivity index (χ1n) is 5.25. The number of hydrogen-bond acceptors (Lipinski definition) is 2. The molecular weight excluding hydrogens is 271 g/mol. The van der Waals surface area contributed by atoms with E-state index in [4.69, 9.17) is 5.73 Å². The summed E-state index contributed by atoms with van der Waals surface area (Å²) < 4.78 is 63.1. The molecule has 0 aliphatic heterocycles. The lowest BCUT2D eigenvalue weighted by Crippen LogP contribution is -2.42. The first kappa shape index (κ1) is 15.4. The lowest BCUT2D eigenvalue weighted by molar-refractivity contribution is -0.140. The SMILES string of the molecule is NCCN(CC(F)(F)F)C(=O)c1cc(F)ccc1F. The molecule has 0 aliphatic rings. The van der Waals surface area contributed by atoms with Crippen LogP contribution in [0.25, 0.3) is 0 Å². The lowest BCUT2D eigenvalue weighted by atomic mass is 10.1. The Morgan fingerprint density at radius 1 is 1.26 bits per heavy atom. The van der Waals surface area contributed by atoms with E-state index >= 15 is 0 Å². The topological polar surface area (TPSA) is 46.3 Å². The molecule has 0 bridgehead atoms. The number of nitrogens with zero attached hydrogens (tertiary/aromatic N) is 1. The summed E-state index contributed by atoms with van der Waals surface area (Å²) in [5, 5.41) is 0. The Kier molecular flexibility index (Phi) is 4.82. The summed E-state index contributed by atoms with van der Waals surface area (Å²) in [5.41, 5.74) is 4.35. The van der Waals surface area contributed by atoms with Crippen molar-refractivity contribution in [2.45, 2.75) is 6.18 Å². The van der Waals surface area contributed by atoms with Gasteiger partial charge in [0.15, 0.2) is 0 Å². The number of carbonyl (C=O) groups is 1. The molecule has 0 aromatic heterocycles. The number of amides is 1. The van der Waals surface area contributed by atoms with Crippen molar-refractivity contribution in [3.8, 4) is 0 Å². The summed E-state index contributed by atoms with van der Waals surface area (Å²) in [6.07, 6.45) is -4.64. The van der Waals surface area contributed by atoms with Crippen LogP contribution in [-0.2, 0) is 0 Å². The third kappa shape index (κ3) is 4.47. The number of benzene rings is 1. The van der Waals surface area contributed by atoms with Gasteiger partial charge in [0.2, 0.25) is 0 Å². The Bertz CT molecular complexity index is 461. The van der Waals surface area contributed by atoms with Gasteiger partial charge in [0, 0.05) is 13.1 Å². The normalized spacial score (nSPS) is 11.5. The van der Waals surface area contributed by atoms with E-state index in [2.05, 4.69) is 0 Å². The van der Waals surface area contributed by atoms with Crippen molar-refractivity contribution in [3.05, 3.63) is 35.4 Å². The minimum Gasteiger partial charge on any atom is -0.329 e. The largest absolute Gasteiger partial charge is 0.406 e. The maximum atomic E-state index is 13.3. The van der Waals surface area contributed by atoms with Gasteiger partial charge in [-0.3, -0.25) is 4.79 Å². The van der Waals surface area contributed by atoms with Gasteiger partial charge in [-0.15, -0.1) is 0 Å². The molecule has 1 rings (SSSR count). The second-order valence-electron chi connectivity index (χ2n) is 3.75. The van der Waals surface area contributed by atoms with E-state index in [0.29, 0.717) is 17.0 Å². The van der Waals surface area contributed by atoms with Crippen LogP contribution in [0.15, 0.2) is 18.2 Å². The lowest BCUT2D eigenvalue weighted by Gasteiger charge is -2.23. The molecule has 0 fully saturated rings. The first-order valence-corrected chi connectivity index (χ1v) is 5.25. The number of alkyl halides is 3. The van der Waals surface area contributed by atoms with E-state index in [1.165, 1.54) is 0 Å². The van der Waals surface area contributed by atoms with Crippen LogP contribution in [0.2, 0.25) is 0 Å². The summed E-state index contributed by atoms with van der Waals surface area (Å²) in [5.74, 6) is -3.25. The Labute approximate surface area is 105 Å². The molecule has 1 aromatic rings. The molecule has 0 unspecified atom stereocenters. The van der Waals surface area contributed by atoms with Crippen molar-refractivity contribution < 1.29 is 26.7 Å². The van der Waals surface area contributed by atoms with Gasteiger partial charge in [0.1, 0.15) is 18.2 Å². The molecule has 106 valence electrons. The zero-order chi connectivity index (χ0) is 14.6. The highest BCUT2D eigenvalue weighted by Crippen LogP contribution is 2.19. The zero-order valence-electron chi connectivity index (χ0n) is 9.68. The van der Waals surface area contributed by atoms with Crippen molar-refractivity contribution in [2.24, 2.45) is 5.73 Å². The monoisotopic (exact) mass is 282 g/mol. The van der Waals surface area contributed by atoms with Gasteiger partial charge in [-0.1, -0.05) is 0 Å². The van der Waals surface area contributed by atoms with Crippen LogP contribution in [0.3, 0.4) is 0 Å². The van der Waals surface area contributed by atoms with Gasteiger partial charge in [-0.2, -0.15) is 13.2 Å². The third-order valence-corrected chi connectivity index (χ3v) is 2.22. The summed E-state index contributed by atoms with van der Waals surface area (Å²) in [6.45, 7) is -2.20. The van der Waals surface area contributed by atoms with Crippen LogP contribution in [0.4, 0.5) is 22.0 Å². The number of hydrogen-bond donors (Lipinski definition) is 1. The first-order chi connectivity index (χ1) is 8.74. The van der Waals surface area contributed by atoms with Crippen molar-refractivity contribution in [1.29, 1.82) is 0 Å². The molecule has 1 amide bonds. The van der Waals surface area contributed by atoms with E-state index in [0.717, 1.165) is 6.07 Å². The van der Waals surface area contributed by atoms with Crippen LogP contribution < -0.4 is 5.73 Å². The highest BCUT2D eigenvalue weighted by Gasteiger charge is 2.33. The fourth-order valence-electron chi connectivity index (χ4n) is 1.46. The van der Waals surface area contributed by atoms with Crippen LogP contribution in [0, 0.1) is 11.6 Å². The highest BCUT2D eigenvalue weighted by atomic mass is 19.4.